The Morgan fingerprint density at radius 3 is 2.72 bits per heavy atom. The summed E-state index contributed by atoms with van der Waals surface area (Å²) in [5.74, 6) is -0.0679. The van der Waals surface area contributed by atoms with Crippen molar-refractivity contribution in [3.05, 3.63) is 82.4 Å². The molecule has 0 aliphatic heterocycles. The minimum Gasteiger partial charge on any atom is -0.361 e. The highest BCUT2D eigenvalue weighted by molar-refractivity contribution is 7.16. The van der Waals surface area contributed by atoms with Gasteiger partial charge in [-0.25, -0.2) is 4.99 Å². The van der Waals surface area contributed by atoms with Crippen LogP contribution in [0.5, 0.6) is 0 Å². The number of anilines is 1. The summed E-state index contributed by atoms with van der Waals surface area (Å²) in [7, 11) is 0. The van der Waals surface area contributed by atoms with E-state index in [1.165, 1.54) is 16.9 Å². The summed E-state index contributed by atoms with van der Waals surface area (Å²) in [6.07, 6.45) is 8.13. The number of H-pyrrole nitrogens is 1. The van der Waals surface area contributed by atoms with Gasteiger partial charge in [-0.3, -0.25) is 4.79 Å². The van der Waals surface area contributed by atoms with Gasteiger partial charge in [-0.1, -0.05) is 36.4 Å². The Bertz CT molecular complexity index is 1200. The maximum Gasteiger partial charge on any atom is 0.259 e. The summed E-state index contributed by atoms with van der Waals surface area (Å²) < 4.78 is 0. The van der Waals surface area contributed by atoms with Crippen LogP contribution in [0.1, 0.15) is 39.2 Å². The normalized spacial score (nSPS) is 13.7. The fourth-order valence-corrected chi connectivity index (χ4v) is 5.15. The van der Waals surface area contributed by atoms with Gasteiger partial charge in [-0.05, 0) is 49.4 Å². The van der Waals surface area contributed by atoms with E-state index in [1.54, 1.807) is 11.3 Å². The van der Waals surface area contributed by atoms with Gasteiger partial charge in [0.2, 0.25) is 0 Å². The second-order valence-corrected chi connectivity index (χ2v) is 8.34. The minimum absolute atomic E-state index is 0.0679. The molecule has 5 rings (SSSR count). The number of aromatic amines is 1. The Kier molecular flexibility index (Phi) is 4.74. The first-order chi connectivity index (χ1) is 14.3. The number of aryl methyl sites for hydroxylation is 1. The number of carbonyl (C=O) groups is 1. The number of nitrogens with zero attached hydrogens (tertiary/aromatic N) is 1. The monoisotopic (exact) mass is 399 g/mol. The predicted octanol–water partition coefficient (Wildman–Crippen LogP) is 6.11. The molecule has 0 atom stereocenters. The van der Waals surface area contributed by atoms with E-state index in [4.69, 9.17) is 4.99 Å². The van der Waals surface area contributed by atoms with Crippen LogP contribution in [0.15, 0.2) is 65.8 Å². The summed E-state index contributed by atoms with van der Waals surface area (Å²) in [6, 6.07) is 17.8. The molecule has 0 saturated heterocycles. The zero-order valence-electron chi connectivity index (χ0n) is 15.9. The number of benzene rings is 2. The Hall–Kier alpha value is -3.18. The Balaban J connectivity index is 1.52. The number of fused-ring (bicyclic) bond motifs is 2. The van der Waals surface area contributed by atoms with Gasteiger partial charge in [0.1, 0.15) is 5.00 Å². The molecule has 4 nitrogen and oxygen atoms in total. The molecule has 0 bridgehead atoms. The molecule has 2 aromatic carbocycles. The largest absolute Gasteiger partial charge is 0.361 e. The van der Waals surface area contributed by atoms with Gasteiger partial charge in [0.05, 0.1) is 5.56 Å². The fraction of sp³-hybridized carbons (Fsp3) is 0.167. The van der Waals surface area contributed by atoms with Gasteiger partial charge in [0.15, 0.2) is 0 Å². The number of amides is 1. The first-order valence-corrected chi connectivity index (χ1v) is 10.7. The summed E-state index contributed by atoms with van der Waals surface area (Å²) >= 11 is 1.66. The van der Waals surface area contributed by atoms with Crippen LogP contribution < -0.4 is 5.32 Å². The number of hydrogen-bond donors (Lipinski definition) is 2. The summed E-state index contributed by atoms with van der Waals surface area (Å²) in [5, 5.41) is 4.98. The lowest BCUT2D eigenvalue weighted by atomic mass is 9.95. The SMILES string of the molecule is O=C(Nc1ccccc1)c1c(/N=C/c2c[nH]c3ccccc23)sc2c1CCCC2. The van der Waals surface area contributed by atoms with E-state index in [-0.39, 0.29) is 5.91 Å². The topological polar surface area (TPSA) is 57.2 Å². The van der Waals surface area contributed by atoms with Crippen molar-refractivity contribution in [2.75, 3.05) is 5.32 Å². The molecule has 2 aromatic heterocycles. The lowest BCUT2D eigenvalue weighted by Gasteiger charge is -2.12. The highest BCUT2D eigenvalue weighted by Crippen LogP contribution is 2.40. The molecule has 2 N–H and O–H groups in total. The number of aliphatic imine (C=N–C) groups is 1. The molecule has 0 spiro atoms. The molecular weight excluding hydrogens is 378 g/mol. The molecule has 0 unspecified atom stereocenters. The van der Waals surface area contributed by atoms with Crippen molar-refractivity contribution in [3.8, 4) is 0 Å². The molecular formula is C24H21N3OS. The summed E-state index contributed by atoms with van der Waals surface area (Å²) in [5.41, 5.74) is 4.84. The van der Waals surface area contributed by atoms with E-state index in [1.807, 2.05) is 54.9 Å². The van der Waals surface area contributed by atoms with Gasteiger partial charge in [-0.2, -0.15) is 0 Å². The summed E-state index contributed by atoms with van der Waals surface area (Å²) in [6.45, 7) is 0. The number of para-hydroxylation sites is 2. The standard InChI is InChI=1S/C24H21N3OS/c28-23(27-17-8-2-1-3-9-17)22-19-11-5-7-13-21(19)29-24(22)26-15-16-14-25-20-12-6-4-10-18(16)20/h1-4,6,8-10,12,14-15,25H,5,7,11,13H2,(H,27,28)/b26-15+. The van der Waals surface area contributed by atoms with Gasteiger partial charge in [0.25, 0.3) is 5.91 Å². The molecule has 1 aliphatic carbocycles. The highest BCUT2D eigenvalue weighted by atomic mass is 32.1. The lowest BCUT2D eigenvalue weighted by Crippen LogP contribution is -2.14. The molecule has 0 fully saturated rings. The van der Waals surface area contributed by atoms with Gasteiger partial charge in [0, 0.05) is 39.4 Å². The average molecular weight is 400 g/mol. The zero-order valence-corrected chi connectivity index (χ0v) is 16.8. The third-order valence-electron chi connectivity index (χ3n) is 5.35. The van der Waals surface area contributed by atoms with Crippen molar-refractivity contribution in [2.24, 2.45) is 4.99 Å². The van der Waals surface area contributed by atoms with Crippen LogP contribution in [-0.2, 0) is 12.8 Å². The highest BCUT2D eigenvalue weighted by Gasteiger charge is 2.25. The van der Waals surface area contributed by atoms with Crippen LogP contribution in [-0.4, -0.2) is 17.1 Å². The van der Waals surface area contributed by atoms with Crippen molar-refractivity contribution in [1.82, 2.24) is 4.98 Å². The Morgan fingerprint density at radius 1 is 1.03 bits per heavy atom. The maximum absolute atomic E-state index is 13.2. The van der Waals surface area contributed by atoms with Crippen LogP contribution in [0.2, 0.25) is 0 Å². The van der Waals surface area contributed by atoms with Gasteiger partial charge in [-0.15, -0.1) is 11.3 Å². The second-order valence-electron chi connectivity index (χ2n) is 7.26. The lowest BCUT2D eigenvalue weighted by molar-refractivity contribution is 0.102. The van der Waals surface area contributed by atoms with E-state index >= 15 is 0 Å². The third kappa shape index (κ3) is 3.49. The van der Waals surface area contributed by atoms with Crippen LogP contribution in [0.4, 0.5) is 10.7 Å². The van der Waals surface area contributed by atoms with Crippen molar-refractivity contribution in [2.45, 2.75) is 25.7 Å². The maximum atomic E-state index is 13.2. The second kappa shape index (κ2) is 7.68. The fourth-order valence-electron chi connectivity index (χ4n) is 3.92. The molecule has 0 saturated carbocycles. The molecule has 144 valence electrons. The number of rotatable bonds is 4. The third-order valence-corrected chi connectivity index (χ3v) is 6.55. The molecule has 0 radical (unpaired) electrons. The Labute approximate surface area is 173 Å². The molecule has 2 heterocycles. The molecule has 4 aromatic rings. The van der Waals surface area contributed by atoms with E-state index in [2.05, 4.69) is 22.4 Å². The number of aromatic nitrogens is 1. The van der Waals surface area contributed by atoms with Crippen molar-refractivity contribution >= 4 is 45.0 Å². The predicted molar refractivity (Wildman–Crippen MR) is 121 cm³/mol. The van der Waals surface area contributed by atoms with Crippen LogP contribution >= 0.6 is 11.3 Å². The molecule has 1 amide bonds. The molecule has 5 heteroatoms. The number of hydrogen-bond acceptors (Lipinski definition) is 3. The molecule has 1 aliphatic rings. The quantitative estimate of drug-likeness (QED) is 0.400. The number of thiophene rings is 1. The van der Waals surface area contributed by atoms with Crippen molar-refractivity contribution in [3.63, 3.8) is 0 Å². The van der Waals surface area contributed by atoms with E-state index in [0.29, 0.717) is 0 Å². The smallest absolute Gasteiger partial charge is 0.259 e. The van der Waals surface area contributed by atoms with Crippen molar-refractivity contribution < 1.29 is 4.79 Å². The number of nitrogens with one attached hydrogen (secondary N) is 2. The van der Waals surface area contributed by atoms with E-state index in [0.717, 1.165) is 52.0 Å². The van der Waals surface area contributed by atoms with E-state index in [9.17, 15) is 4.79 Å². The number of carbonyl (C=O) groups excluding carboxylic acids is 1. The van der Waals surface area contributed by atoms with Crippen molar-refractivity contribution in [1.29, 1.82) is 0 Å². The summed E-state index contributed by atoms with van der Waals surface area (Å²) in [4.78, 5) is 22.5. The molecule has 29 heavy (non-hydrogen) atoms. The van der Waals surface area contributed by atoms with Crippen LogP contribution in [0.25, 0.3) is 10.9 Å². The first-order valence-electron chi connectivity index (χ1n) is 9.91. The van der Waals surface area contributed by atoms with Crippen LogP contribution in [0.3, 0.4) is 0 Å². The average Bonchev–Trinajstić information content (AvgIpc) is 3.34. The van der Waals surface area contributed by atoms with Gasteiger partial charge < -0.3 is 10.3 Å². The zero-order chi connectivity index (χ0) is 19.6. The van der Waals surface area contributed by atoms with Gasteiger partial charge >= 0.3 is 0 Å². The minimum atomic E-state index is -0.0679. The van der Waals surface area contributed by atoms with E-state index < -0.39 is 0 Å². The Morgan fingerprint density at radius 2 is 1.83 bits per heavy atom. The first kappa shape index (κ1) is 17.9. The van der Waals surface area contributed by atoms with Crippen LogP contribution in [0, 0.1) is 0 Å².